The molecule has 0 fully saturated rings. The van der Waals surface area contributed by atoms with Crippen molar-refractivity contribution in [3.8, 4) is 11.5 Å². The van der Waals surface area contributed by atoms with Crippen LogP contribution in [0.25, 0.3) is 0 Å². The highest BCUT2D eigenvalue weighted by atomic mass is 16.5. The fraction of sp³-hybridized carbons (Fsp3) is 0.462. The van der Waals surface area contributed by atoms with Gasteiger partial charge in [0, 0.05) is 12.6 Å². The molecule has 1 rings (SSSR count). The molecular formula is C13H20N2O3. The number of benzene rings is 1. The Labute approximate surface area is 107 Å². The maximum Gasteiger partial charge on any atom is 0.257 e. The van der Waals surface area contributed by atoms with Gasteiger partial charge in [-0.15, -0.1) is 0 Å². The summed E-state index contributed by atoms with van der Waals surface area (Å²) in [6.45, 7) is 2.72. The molecule has 0 saturated heterocycles. The number of amides is 1. The molecule has 1 amide bonds. The minimum atomic E-state index is -0.140. The summed E-state index contributed by atoms with van der Waals surface area (Å²) in [5, 5.41) is 2.77. The Morgan fingerprint density at radius 1 is 1.44 bits per heavy atom. The lowest BCUT2D eigenvalue weighted by Crippen LogP contribution is -2.29. The van der Waals surface area contributed by atoms with Crippen LogP contribution in [0.15, 0.2) is 18.2 Å². The molecule has 5 heteroatoms. The Hall–Kier alpha value is -1.91. The first-order valence-corrected chi connectivity index (χ1v) is 6.00. The number of ether oxygens (including phenoxy) is 2. The van der Waals surface area contributed by atoms with Gasteiger partial charge in [0.2, 0.25) is 0 Å². The van der Waals surface area contributed by atoms with Crippen molar-refractivity contribution in [3.63, 3.8) is 0 Å². The number of nitrogens with one attached hydrogen (secondary N) is 1. The van der Waals surface area contributed by atoms with Gasteiger partial charge in [0.05, 0.1) is 12.8 Å². The highest BCUT2D eigenvalue weighted by Gasteiger charge is 2.05. The van der Waals surface area contributed by atoms with Gasteiger partial charge in [0.25, 0.3) is 5.91 Å². The Balaban J connectivity index is 2.41. The van der Waals surface area contributed by atoms with Crippen LogP contribution >= 0.6 is 0 Å². The van der Waals surface area contributed by atoms with Crippen molar-refractivity contribution in [2.45, 2.75) is 19.8 Å². The smallest absolute Gasteiger partial charge is 0.257 e. The highest BCUT2D eigenvalue weighted by Crippen LogP contribution is 2.25. The summed E-state index contributed by atoms with van der Waals surface area (Å²) in [4.78, 5) is 11.4. The van der Waals surface area contributed by atoms with Gasteiger partial charge < -0.3 is 20.5 Å². The third-order valence-corrected chi connectivity index (χ3v) is 2.43. The van der Waals surface area contributed by atoms with Crippen LogP contribution in [0.4, 0.5) is 5.69 Å². The molecule has 1 aromatic carbocycles. The first-order valence-electron chi connectivity index (χ1n) is 6.00. The maximum absolute atomic E-state index is 11.4. The van der Waals surface area contributed by atoms with Gasteiger partial charge in [0.15, 0.2) is 6.61 Å². The van der Waals surface area contributed by atoms with E-state index < -0.39 is 0 Å². The minimum absolute atomic E-state index is 0.0275. The fourth-order valence-electron chi connectivity index (χ4n) is 1.38. The second-order valence-corrected chi connectivity index (χ2v) is 3.90. The first kappa shape index (κ1) is 14.2. The molecular weight excluding hydrogens is 232 g/mol. The molecule has 0 atom stereocenters. The molecule has 0 aliphatic carbocycles. The molecule has 18 heavy (non-hydrogen) atoms. The van der Waals surface area contributed by atoms with Crippen molar-refractivity contribution in [2.24, 2.45) is 0 Å². The molecule has 0 unspecified atom stereocenters. The zero-order chi connectivity index (χ0) is 13.4. The summed E-state index contributed by atoms with van der Waals surface area (Å²) in [5.74, 6) is 1.01. The van der Waals surface area contributed by atoms with Crippen molar-refractivity contribution >= 4 is 11.6 Å². The minimum Gasteiger partial charge on any atom is -0.497 e. The van der Waals surface area contributed by atoms with Crippen LogP contribution in [-0.4, -0.2) is 26.2 Å². The number of nitrogen functional groups attached to an aromatic ring is 1. The zero-order valence-corrected chi connectivity index (χ0v) is 10.9. The summed E-state index contributed by atoms with van der Waals surface area (Å²) < 4.78 is 10.4. The van der Waals surface area contributed by atoms with Gasteiger partial charge in [-0.1, -0.05) is 13.3 Å². The van der Waals surface area contributed by atoms with Gasteiger partial charge in [0.1, 0.15) is 11.5 Å². The number of hydrogen-bond donors (Lipinski definition) is 2. The second kappa shape index (κ2) is 7.42. The molecule has 0 aliphatic heterocycles. The summed E-state index contributed by atoms with van der Waals surface area (Å²) in [6, 6.07) is 5.08. The molecule has 0 bridgehead atoms. The molecule has 0 aliphatic rings. The third-order valence-electron chi connectivity index (χ3n) is 2.43. The van der Waals surface area contributed by atoms with Crippen molar-refractivity contribution in [3.05, 3.63) is 18.2 Å². The Morgan fingerprint density at radius 2 is 2.22 bits per heavy atom. The molecule has 0 radical (unpaired) electrons. The van der Waals surface area contributed by atoms with Gasteiger partial charge in [-0.25, -0.2) is 0 Å². The Morgan fingerprint density at radius 3 is 2.83 bits per heavy atom. The van der Waals surface area contributed by atoms with E-state index >= 15 is 0 Å². The molecule has 100 valence electrons. The number of carbonyl (C=O) groups is 1. The van der Waals surface area contributed by atoms with Crippen molar-refractivity contribution < 1.29 is 14.3 Å². The van der Waals surface area contributed by atoms with Crippen molar-refractivity contribution in [1.29, 1.82) is 0 Å². The number of rotatable bonds is 7. The quantitative estimate of drug-likeness (QED) is 0.570. The lowest BCUT2D eigenvalue weighted by Gasteiger charge is -2.10. The van der Waals surface area contributed by atoms with Crippen molar-refractivity contribution in [2.75, 3.05) is 26.0 Å². The predicted octanol–water partition coefficient (Wildman–Crippen LogP) is 1.57. The van der Waals surface area contributed by atoms with E-state index in [4.69, 9.17) is 15.2 Å². The van der Waals surface area contributed by atoms with E-state index in [2.05, 4.69) is 12.2 Å². The number of nitrogens with two attached hydrogens (primary N) is 1. The third kappa shape index (κ3) is 4.53. The standard InChI is InChI=1S/C13H20N2O3/c1-3-4-7-15-13(16)9-18-12-6-5-10(17-2)8-11(12)14/h5-6,8H,3-4,7,9,14H2,1-2H3,(H,15,16). The van der Waals surface area contributed by atoms with Gasteiger partial charge in [-0.3, -0.25) is 4.79 Å². The molecule has 0 spiro atoms. The number of carbonyl (C=O) groups excluding carboxylic acids is 1. The zero-order valence-electron chi connectivity index (χ0n) is 10.9. The van der Waals surface area contributed by atoms with Crippen LogP contribution in [0.2, 0.25) is 0 Å². The van der Waals surface area contributed by atoms with E-state index in [1.54, 1.807) is 25.3 Å². The average molecular weight is 252 g/mol. The van der Waals surface area contributed by atoms with Crippen molar-refractivity contribution in [1.82, 2.24) is 5.32 Å². The van der Waals surface area contributed by atoms with Gasteiger partial charge in [-0.2, -0.15) is 0 Å². The van der Waals surface area contributed by atoms with E-state index in [0.717, 1.165) is 12.8 Å². The summed E-state index contributed by atoms with van der Waals surface area (Å²) in [7, 11) is 1.57. The SMILES string of the molecule is CCCCNC(=O)COc1ccc(OC)cc1N. The number of anilines is 1. The maximum atomic E-state index is 11.4. The van der Waals surface area contributed by atoms with E-state index in [9.17, 15) is 4.79 Å². The molecule has 0 aromatic heterocycles. The highest BCUT2D eigenvalue weighted by molar-refractivity contribution is 5.77. The van der Waals surface area contributed by atoms with Crippen LogP contribution in [-0.2, 0) is 4.79 Å². The van der Waals surface area contributed by atoms with E-state index in [0.29, 0.717) is 23.7 Å². The molecule has 0 heterocycles. The van der Waals surface area contributed by atoms with Gasteiger partial charge >= 0.3 is 0 Å². The van der Waals surface area contributed by atoms with E-state index in [1.165, 1.54) is 0 Å². The molecule has 5 nitrogen and oxygen atoms in total. The largest absolute Gasteiger partial charge is 0.497 e. The van der Waals surface area contributed by atoms with Gasteiger partial charge in [-0.05, 0) is 18.6 Å². The Kier molecular flexibility index (Phi) is 5.84. The molecule has 3 N–H and O–H groups in total. The van der Waals surface area contributed by atoms with E-state index in [-0.39, 0.29) is 12.5 Å². The predicted molar refractivity (Wildman–Crippen MR) is 70.8 cm³/mol. The normalized spacial score (nSPS) is 9.89. The number of unbranched alkanes of at least 4 members (excludes halogenated alkanes) is 1. The topological polar surface area (TPSA) is 73.6 Å². The van der Waals surface area contributed by atoms with E-state index in [1.807, 2.05) is 0 Å². The average Bonchev–Trinajstić information content (AvgIpc) is 2.37. The number of hydrogen-bond acceptors (Lipinski definition) is 4. The summed E-state index contributed by atoms with van der Waals surface area (Å²) >= 11 is 0. The molecule has 0 saturated carbocycles. The first-order chi connectivity index (χ1) is 8.67. The van der Waals surface area contributed by atoms with Crippen LogP contribution in [0.1, 0.15) is 19.8 Å². The van der Waals surface area contributed by atoms with Crippen LogP contribution in [0, 0.1) is 0 Å². The lowest BCUT2D eigenvalue weighted by atomic mass is 10.3. The Bertz CT molecular complexity index is 394. The van der Waals surface area contributed by atoms with Crippen LogP contribution < -0.4 is 20.5 Å². The lowest BCUT2D eigenvalue weighted by molar-refractivity contribution is -0.123. The van der Waals surface area contributed by atoms with Crippen LogP contribution in [0.5, 0.6) is 11.5 Å². The van der Waals surface area contributed by atoms with Crippen LogP contribution in [0.3, 0.4) is 0 Å². The fourth-order valence-corrected chi connectivity index (χ4v) is 1.38. The second-order valence-electron chi connectivity index (χ2n) is 3.90. The number of methoxy groups -OCH3 is 1. The monoisotopic (exact) mass is 252 g/mol. The molecule has 1 aromatic rings. The summed E-state index contributed by atoms with van der Waals surface area (Å²) in [5.41, 5.74) is 6.22. The summed E-state index contributed by atoms with van der Waals surface area (Å²) in [6.07, 6.45) is 2.02.